The normalized spacial score (nSPS) is 30.3. The van der Waals surface area contributed by atoms with Crippen molar-refractivity contribution in [1.82, 2.24) is 14.5 Å². The van der Waals surface area contributed by atoms with Gasteiger partial charge in [0.25, 0.3) is 0 Å². The van der Waals surface area contributed by atoms with Gasteiger partial charge in [-0.2, -0.15) is 0 Å². The highest BCUT2D eigenvalue weighted by atomic mass is 19.1. The number of hydrogen-bond donors (Lipinski definition) is 0. The SMILES string of the molecule is Cc1nccn1[C@H]1C[C@H]2CN(CC3CCCCC3)C[C@H]2C[C@@H]1Oc1ccccc1F. The van der Waals surface area contributed by atoms with E-state index in [1.54, 1.807) is 12.1 Å². The van der Waals surface area contributed by atoms with Crippen molar-refractivity contribution in [3.8, 4) is 5.75 Å². The van der Waals surface area contributed by atoms with E-state index in [2.05, 4.69) is 27.6 Å². The number of rotatable bonds is 5. The molecule has 0 unspecified atom stereocenters. The summed E-state index contributed by atoms with van der Waals surface area (Å²) in [6.07, 6.45) is 13.0. The van der Waals surface area contributed by atoms with Gasteiger partial charge in [0.15, 0.2) is 11.6 Å². The standard InChI is InChI=1S/C25H34FN3O/c1-18-27-11-12-29(18)23-13-20-16-28(15-19-7-3-2-4-8-19)17-21(20)14-25(23)30-24-10-6-5-9-22(24)26/h5-6,9-12,19-21,23,25H,2-4,7-8,13-17H2,1H3/t20-,21+,23-,25-/m0/s1. The molecule has 5 rings (SSSR count). The lowest BCUT2D eigenvalue weighted by Crippen LogP contribution is -2.40. The number of hydrogen-bond acceptors (Lipinski definition) is 3. The van der Waals surface area contributed by atoms with Crippen molar-refractivity contribution >= 4 is 0 Å². The molecule has 2 aliphatic carbocycles. The van der Waals surface area contributed by atoms with Crippen LogP contribution in [0.3, 0.4) is 0 Å². The third-order valence-electron chi connectivity index (χ3n) is 7.74. The van der Waals surface area contributed by atoms with Crippen LogP contribution in [0.1, 0.15) is 56.8 Å². The van der Waals surface area contributed by atoms with Crippen LogP contribution in [0, 0.1) is 30.5 Å². The Morgan fingerprint density at radius 1 is 1.07 bits per heavy atom. The predicted molar refractivity (Wildman–Crippen MR) is 116 cm³/mol. The molecule has 3 fully saturated rings. The van der Waals surface area contributed by atoms with Crippen LogP contribution in [0.5, 0.6) is 5.75 Å². The summed E-state index contributed by atoms with van der Waals surface area (Å²) in [5, 5.41) is 0. The minimum absolute atomic E-state index is 0.0225. The van der Waals surface area contributed by atoms with E-state index in [4.69, 9.17) is 4.74 Å². The lowest BCUT2D eigenvalue weighted by atomic mass is 9.77. The number of likely N-dealkylation sites (tertiary alicyclic amines) is 1. The van der Waals surface area contributed by atoms with Crippen molar-refractivity contribution in [3.63, 3.8) is 0 Å². The highest BCUT2D eigenvalue weighted by Gasteiger charge is 2.44. The fourth-order valence-corrected chi connectivity index (χ4v) is 6.23. The highest BCUT2D eigenvalue weighted by Crippen LogP contribution is 2.44. The van der Waals surface area contributed by atoms with Gasteiger partial charge < -0.3 is 14.2 Å². The number of halogens is 1. The predicted octanol–water partition coefficient (Wildman–Crippen LogP) is 5.24. The molecule has 2 saturated carbocycles. The smallest absolute Gasteiger partial charge is 0.165 e. The van der Waals surface area contributed by atoms with E-state index in [1.165, 1.54) is 57.8 Å². The molecule has 1 aliphatic heterocycles. The van der Waals surface area contributed by atoms with Gasteiger partial charge in [0.2, 0.25) is 0 Å². The van der Waals surface area contributed by atoms with Gasteiger partial charge in [0, 0.05) is 32.0 Å². The first-order valence-corrected chi connectivity index (χ1v) is 11.8. The van der Waals surface area contributed by atoms with Crippen molar-refractivity contribution in [2.75, 3.05) is 19.6 Å². The Morgan fingerprint density at radius 3 is 2.57 bits per heavy atom. The Labute approximate surface area is 179 Å². The Hall–Kier alpha value is -1.88. The number of fused-ring (bicyclic) bond motifs is 1. The van der Waals surface area contributed by atoms with Crippen molar-refractivity contribution < 1.29 is 9.13 Å². The van der Waals surface area contributed by atoms with E-state index < -0.39 is 0 Å². The van der Waals surface area contributed by atoms with Crippen LogP contribution in [0.2, 0.25) is 0 Å². The zero-order chi connectivity index (χ0) is 20.5. The quantitative estimate of drug-likeness (QED) is 0.674. The monoisotopic (exact) mass is 411 g/mol. The molecule has 0 N–H and O–H groups in total. The number of aryl methyl sites for hydroxylation is 1. The van der Waals surface area contributed by atoms with Crippen molar-refractivity contribution in [3.05, 3.63) is 48.3 Å². The molecular formula is C25H34FN3O. The van der Waals surface area contributed by atoms with E-state index in [-0.39, 0.29) is 18.0 Å². The maximum atomic E-state index is 14.3. The molecule has 5 heteroatoms. The molecule has 2 heterocycles. The minimum Gasteiger partial charge on any atom is -0.485 e. The Kier molecular flexibility index (Phi) is 5.81. The average molecular weight is 412 g/mol. The Balaban J connectivity index is 1.33. The van der Waals surface area contributed by atoms with E-state index in [0.717, 1.165) is 24.6 Å². The van der Waals surface area contributed by atoms with Gasteiger partial charge in [-0.05, 0) is 62.5 Å². The molecule has 0 bridgehead atoms. The topological polar surface area (TPSA) is 30.3 Å². The molecule has 0 radical (unpaired) electrons. The van der Waals surface area contributed by atoms with E-state index in [1.807, 2.05) is 12.3 Å². The molecule has 2 aromatic rings. The number of aromatic nitrogens is 2. The van der Waals surface area contributed by atoms with Crippen LogP contribution >= 0.6 is 0 Å². The average Bonchev–Trinajstić information content (AvgIpc) is 3.34. The summed E-state index contributed by atoms with van der Waals surface area (Å²) in [4.78, 5) is 7.17. The second kappa shape index (κ2) is 8.70. The summed E-state index contributed by atoms with van der Waals surface area (Å²) in [5.74, 6) is 3.34. The molecule has 30 heavy (non-hydrogen) atoms. The number of para-hydroxylation sites is 1. The zero-order valence-corrected chi connectivity index (χ0v) is 18.0. The molecule has 3 aliphatic rings. The third kappa shape index (κ3) is 4.14. The molecule has 0 spiro atoms. The van der Waals surface area contributed by atoms with Crippen molar-refractivity contribution in [1.29, 1.82) is 0 Å². The number of benzene rings is 1. The molecular weight excluding hydrogens is 377 g/mol. The van der Waals surface area contributed by atoms with Gasteiger partial charge >= 0.3 is 0 Å². The van der Waals surface area contributed by atoms with Crippen LogP contribution in [0.15, 0.2) is 36.7 Å². The van der Waals surface area contributed by atoms with Gasteiger partial charge in [-0.1, -0.05) is 31.4 Å². The largest absolute Gasteiger partial charge is 0.485 e. The number of imidazole rings is 1. The van der Waals surface area contributed by atoms with Gasteiger partial charge in [-0.15, -0.1) is 0 Å². The molecule has 4 nitrogen and oxygen atoms in total. The molecule has 1 saturated heterocycles. The van der Waals surface area contributed by atoms with Gasteiger partial charge in [-0.3, -0.25) is 0 Å². The highest BCUT2D eigenvalue weighted by molar-refractivity contribution is 5.24. The summed E-state index contributed by atoms with van der Waals surface area (Å²) >= 11 is 0. The second-order valence-corrected chi connectivity index (χ2v) is 9.75. The van der Waals surface area contributed by atoms with E-state index >= 15 is 0 Å². The summed E-state index contributed by atoms with van der Waals surface area (Å²) in [6, 6.07) is 7.02. The second-order valence-electron chi connectivity index (χ2n) is 9.75. The van der Waals surface area contributed by atoms with Gasteiger partial charge in [0.1, 0.15) is 11.9 Å². The first-order chi connectivity index (χ1) is 14.7. The van der Waals surface area contributed by atoms with Gasteiger partial charge in [-0.25, -0.2) is 9.37 Å². The van der Waals surface area contributed by atoms with Crippen molar-refractivity contribution in [2.24, 2.45) is 17.8 Å². The third-order valence-corrected chi connectivity index (χ3v) is 7.74. The summed E-state index contributed by atoms with van der Waals surface area (Å²) in [5.41, 5.74) is 0. The maximum absolute atomic E-state index is 14.3. The summed E-state index contributed by atoms with van der Waals surface area (Å²) in [6.45, 7) is 5.70. The number of ether oxygens (including phenoxy) is 1. The maximum Gasteiger partial charge on any atom is 0.165 e. The number of nitrogens with zero attached hydrogens (tertiary/aromatic N) is 3. The first kappa shape index (κ1) is 20.0. The van der Waals surface area contributed by atoms with E-state index in [0.29, 0.717) is 17.6 Å². The molecule has 1 aromatic heterocycles. The molecule has 1 aromatic carbocycles. The van der Waals surface area contributed by atoms with Crippen LogP contribution in [0.4, 0.5) is 4.39 Å². The van der Waals surface area contributed by atoms with Crippen LogP contribution in [-0.4, -0.2) is 40.2 Å². The van der Waals surface area contributed by atoms with Crippen molar-refractivity contribution in [2.45, 2.75) is 64.0 Å². The first-order valence-electron chi connectivity index (χ1n) is 11.8. The van der Waals surface area contributed by atoms with Crippen LogP contribution in [-0.2, 0) is 0 Å². The Morgan fingerprint density at radius 2 is 1.83 bits per heavy atom. The summed E-state index contributed by atoms with van der Waals surface area (Å²) in [7, 11) is 0. The van der Waals surface area contributed by atoms with Gasteiger partial charge in [0.05, 0.1) is 6.04 Å². The molecule has 4 atom stereocenters. The summed E-state index contributed by atoms with van der Waals surface area (Å²) < 4.78 is 22.9. The molecule has 162 valence electrons. The minimum atomic E-state index is -0.272. The lowest BCUT2D eigenvalue weighted by Gasteiger charge is -2.39. The molecule has 0 amide bonds. The van der Waals surface area contributed by atoms with Crippen LogP contribution in [0.25, 0.3) is 0 Å². The van der Waals surface area contributed by atoms with E-state index in [9.17, 15) is 4.39 Å². The fourth-order valence-electron chi connectivity index (χ4n) is 6.23. The zero-order valence-electron chi connectivity index (χ0n) is 18.0. The lowest BCUT2D eigenvalue weighted by molar-refractivity contribution is 0.0509. The fraction of sp³-hybridized carbons (Fsp3) is 0.640. The Bertz CT molecular complexity index is 846. The van der Waals surface area contributed by atoms with Crippen LogP contribution < -0.4 is 4.74 Å².